The molecule has 0 saturated carbocycles. The summed E-state index contributed by atoms with van der Waals surface area (Å²) in [7, 11) is 0. The van der Waals surface area contributed by atoms with Crippen LogP contribution in [0.15, 0.2) is 60.7 Å². The van der Waals surface area contributed by atoms with Gasteiger partial charge in [-0.05, 0) is 19.1 Å². The van der Waals surface area contributed by atoms with Crippen LogP contribution in [0.2, 0.25) is 0 Å². The average Bonchev–Trinajstić information content (AvgIpc) is 2.55. The zero-order valence-electron chi connectivity index (χ0n) is 14.8. The Kier molecular flexibility index (Phi) is 8.96. The van der Waals surface area contributed by atoms with Gasteiger partial charge in [-0.25, -0.2) is 0 Å². The minimum absolute atomic E-state index is 0. The van der Waals surface area contributed by atoms with Crippen LogP contribution in [0.3, 0.4) is 0 Å². The van der Waals surface area contributed by atoms with Gasteiger partial charge < -0.3 is 4.74 Å². The van der Waals surface area contributed by atoms with Crippen LogP contribution in [-0.4, -0.2) is 0 Å². The van der Waals surface area contributed by atoms with Crippen molar-refractivity contribution in [1.82, 2.24) is 0 Å². The minimum atomic E-state index is 0. The molecule has 0 spiro atoms. The van der Waals surface area contributed by atoms with Crippen LogP contribution >= 0.6 is 0 Å². The van der Waals surface area contributed by atoms with Gasteiger partial charge in [0, 0.05) is 38.5 Å². The Hall–Kier alpha value is -1.44. The van der Waals surface area contributed by atoms with Gasteiger partial charge >= 0.3 is 0 Å². The van der Waals surface area contributed by atoms with E-state index in [1.165, 1.54) is 16.7 Å². The van der Waals surface area contributed by atoms with Crippen molar-refractivity contribution in [3.63, 3.8) is 0 Å². The van der Waals surface area contributed by atoms with Crippen molar-refractivity contribution in [1.29, 1.82) is 0 Å². The summed E-state index contributed by atoms with van der Waals surface area (Å²) in [5, 5.41) is 0. The minimum Gasteiger partial charge on any atom is -0.483 e. The van der Waals surface area contributed by atoms with Crippen molar-refractivity contribution in [2.45, 2.75) is 27.7 Å². The van der Waals surface area contributed by atoms with Crippen molar-refractivity contribution in [2.24, 2.45) is 0 Å². The van der Waals surface area contributed by atoms with Gasteiger partial charge in [-0.2, -0.15) is 53.6 Å². The first-order valence-corrected chi connectivity index (χ1v) is 7.71. The first kappa shape index (κ1) is 20.6. The second kappa shape index (κ2) is 10.4. The predicted octanol–water partition coefficient (Wildman–Crippen LogP) is 6.00. The third kappa shape index (κ3) is 6.59. The Morgan fingerprint density at radius 1 is 0.667 bits per heavy atom. The van der Waals surface area contributed by atoms with E-state index in [4.69, 9.17) is 4.74 Å². The zero-order valence-corrected chi connectivity index (χ0v) is 17.6. The van der Waals surface area contributed by atoms with Gasteiger partial charge in [0.1, 0.15) is 5.75 Å². The molecule has 0 heterocycles. The van der Waals surface area contributed by atoms with E-state index in [0.717, 1.165) is 17.1 Å². The van der Waals surface area contributed by atoms with Crippen LogP contribution in [0.1, 0.15) is 22.3 Å². The molecule has 1 radical (unpaired) electrons. The molecule has 1 nitrogen and oxygen atoms in total. The average molecular weight is 391 g/mol. The quantitative estimate of drug-likeness (QED) is 0.487. The summed E-state index contributed by atoms with van der Waals surface area (Å²) in [4.78, 5) is 0. The third-order valence-corrected chi connectivity index (χ3v) is 3.62. The Morgan fingerprint density at radius 2 is 1.25 bits per heavy atom. The van der Waals surface area contributed by atoms with Gasteiger partial charge in [0.25, 0.3) is 0 Å². The molecule has 0 aliphatic carbocycles. The molecule has 0 aromatic heterocycles. The second-order valence-electron chi connectivity index (χ2n) is 5.62. The van der Waals surface area contributed by atoms with Crippen LogP contribution in [0.5, 0.6) is 11.5 Å². The van der Waals surface area contributed by atoms with Crippen molar-refractivity contribution in [3.05, 3.63) is 95.1 Å². The first-order chi connectivity index (χ1) is 11.1. The van der Waals surface area contributed by atoms with E-state index in [0.29, 0.717) is 0 Å². The number of hydrogen-bond acceptors (Lipinski definition) is 1. The maximum absolute atomic E-state index is 5.74. The van der Waals surface area contributed by atoms with E-state index in [1.807, 2.05) is 61.5 Å². The summed E-state index contributed by atoms with van der Waals surface area (Å²) < 4.78 is 5.74. The molecule has 0 aliphatic heterocycles. The normalized spacial score (nSPS) is 9.33. The molecule has 3 aromatic carbocycles. The van der Waals surface area contributed by atoms with E-state index in [1.54, 1.807) is 0 Å². The first-order valence-electron chi connectivity index (χ1n) is 7.71. The standard InChI is InChI=1S/C14H13O.C8H9.Y/c1-11-7-9-13(10-8-11)15-14-6-4-3-5-12(14)2;1-7-5-3-4-6-8(7)2;/h4-10H,1-2H3;3,5-6H,1-2H3;/q2*-1;. The van der Waals surface area contributed by atoms with Gasteiger partial charge in [-0.3, -0.25) is 0 Å². The largest absolute Gasteiger partial charge is 0.483 e. The summed E-state index contributed by atoms with van der Waals surface area (Å²) in [5.41, 5.74) is 4.98. The molecule has 0 amide bonds. The molecule has 0 aliphatic rings. The molecule has 0 fully saturated rings. The van der Waals surface area contributed by atoms with Crippen LogP contribution in [0.4, 0.5) is 0 Å². The summed E-state index contributed by atoms with van der Waals surface area (Å²) in [6.45, 7) is 8.27. The van der Waals surface area contributed by atoms with Crippen LogP contribution in [0.25, 0.3) is 0 Å². The number of hydrogen-bond donors (Lipinski definition) is 0. The number of benzene rings is 3. The number of aryl methyl sites for hydroxylation is 4. The Balaban J connectivity index is 0.000000273. The van der Waals surface area contributed by atoms with Gasteiger partial charge in [0.15, 0.2) is 0 Å². The molecule has 0 bridgehead atoms. The molecule has 0 atom stereocenters. The Labute approximate surface area is 171 Å². The van der Waals surface area contributed by atoms with Crippen LogP contribution in [-0.2, 0) is 32.7 Å². The monoisotopic (exact) mass is 391 g/mol. The van der Waals surface area contributed by atoms with Crippen molar-refractivity contribution in [3.8, 4) is 11.5 Å². The molecule has 0 saturated heterocycles. The van der Waals surface area contributed by atoms with E-state index < -0.39 is 0 Å². The van der Waals surface area contributed by atoms with Crippen molar-refractivity contribution < 1.29 is 37.4 Å². The van der Waals surface area contributed by atoms with E-state index in [9.17, 15) is 0 Å². The van der Waals surface area contributed by atoms with E-state index >= 15 is 0 Å². The maximum Gasteiger partial charge on any atom is 0.124 e. The van der Waals surface area contributed by atoms with Crippen LogP contribution in [0, 0.1) is 39.8 Å². The van der Waals surface area contributed by atoms with E-state index in [-0.39, 0.29) is 32.7 Å². The Morgan fingerprint density at radius 3 is 1.75 bits per heavy atom. The van der Waals surface area contributed by atoms with E-state index in [2.05, 4.69) is 39.0 Å². The third-order valence-electron chi connectivity index (χ3n) is 3.62. The molecule has 0 unspecified atom stereocenters. The fourth-order valence-electron chi connectivity index (χ4n) is 1.94. The zero-order chi connectivity index (χ0) is 16.7. The number of rotatable bonds is 2. The van der Waals surface area contributed by atoms with Gasteiger partial charge in [0.2, 0.25) is 0 Å². The molecular formula is C22H22OY-2. The predicted molar refractivity (Wildman–Crippen MR) is 96.0 cm³/mol. The van der Waals surface area contributed by atoms with Crippen LogP contribution < -0.4 is 4.74 Å². The van der Waals surface area contributed by atoms with Gasteiger partial charge in [-0.1, -0.05) is 38.5 Å². The Bertz CT molecular complexity index is 727. The summed E-state index contributed by atoms with van der Waals surface area (Å²) in [6.07, 6.45) is 0. The molecule has 24 heavy (non-hydrogen) atoms. The van der Waals surface area contributed by atoms with Crippen molar-refractivity contribution >= 4 is 0 Å². The summed E-state index contributed by atoms with van der Waals surface area (Å²) in [6, 6.07) is 25.8. The molecule has 0 N–H and O–H groups in total. The topological polar surface area (TPSA) is 9.23 Å². The molecule has 121 valence electrons. The fraction of sp³-hybridized carbons (Fsp3) is 0.182. The maximum atomic E-state index is 5.74. The molecule has 3 aromatic rings. The molecular weight excluding hydrogens is 369 g/mol. The molecule has 2 heteroatoms. The van der Waals surface area contributed by atoms with Gasteiger partial charge in [-0.15, -0.1) is 11.6 Å². The second-order valence-corrected chi connectivity index (χ2v) is 5.62. The summed E-state index contributed by atoms with van der Waals surface area (Å²) >= 11 is 0. The van der Waals surface area contributed by atoms with Gasteiger partial charge in [0.05, 0.1) is 0 Å². The smallest absolute Gasteiger partial charge is 0.124 e. The fourth-order valence-corrected chi connectivity index (χ4v) is 1.94. The van der Waals surface area contributed by atoms with Crippen molar-refractivity contribution in [2.75, 3.05) is 0 Å². The summed E-state index contributed by atoms with van der Waals surface area (Å²) in [5.74, 6) is 1.76. The molecule has 3 rings (SSSR count). The SMILES string of the molecule is Cc1c[c-]ccc1C.Cc1ccc(Oc2cc[c-]cc2C)cc1.[Y]. The number of ether oxygens (including phenoxy) is 1.